The van der Waals surface area contributed by atoms with E-state index in [0.717, 1.165) is 17.7 Å². The molecule has 0 spiro atoms. The molecule has 0 saturated carbocycles. The highest BCUT2D eigenvalue weighted by molar-refractivity contribution is 5.24. The molecule has 0 unspecified atom stereocenters. The summed E-state index contributed by atoms with van der Waals surface area (Å²) in [5, 5.41) is 3.27. The van der Waals surface area contributed by atoms with Crippen LogP contribution in [0.4, 0.5) is 4.39 Å². The maximum absolute atomic E-state index is 13.7. The first-order valence-electron chi connectivity index (χ1n) is 5.64. The van der Waals surface area contributed by atoms with Crippen molar-refractivity contribution in [3.05, 3.63) is 35.1 Å². The quantitative estimate of drug-likeness (QED) is 0.826. The van der Waals surface area contributed by atoms with Gasteiger partial charge < -0.3 is 10.2 Å². The Bertz CT molecular complexity index is 335. The lowest BCUT2D eigenvalue weighted by Crippen LogP contribution is -2.22. The van der Waals surface area contributed by atoms with E-state index < -0.39 is 0 Å². The van der Waals surface area contributed by atoms with Crippen LogP contribution in [0.2, 0.25) is 0 Å². The van der Waals surface area contributed by atoms with Crippen LogP contribution >= 0.6 is 0 Å². The standard InChI is InChI=1S/C13H21FN2/c1-10(2)15-8-11-5-6-12(9-16(3)4)13(14)7-11/h5-7,10,15H,8-9H2,1-4H3. The van der Waals surface area contributed by atoms with Gasteiger partial charge in [0.2, 0.25) is 0 Å². The maximum Gasteiger partial charge on any atom is 0.128 e. The minimum Gasteiger partial charge on any atom is -0.310 e. The van der Waals surface area contributed by atoms with Crippen LogP contribution in [0, 0.1) is 5.82 Å². The van der Waals surface area contributed by atoms with Gasteiger partial charge in [-0.15, -0.1) is 0 Å². The average molecular weight is 224 g/mol. The summed E-state index contributed by atoms with van der Waals surface area (Å²) in [5.74, 6) is -0.114. The lowest BCUT2D eigenvalue weighted by molar-refractivity contribution is 0.392. The second-order valence-electron chi connectivity index (χ2n) is 4.70. The molecule has 0 bridgehead atoms. The van der Waals surface area contributed by atoms with Crippen molar-refractivity contribution < 1.29 is 4.39 Å². The molecule has 1 N–H and O–H groups in total. The molecule has 0 aromatic heterocycles. The third kappa shape index (κ3) is 4.29. The predicted octanol–water partition coefficient (Wildman–Crippen LogP) is 2.39. The fourth-order valence-electron chi connectivity index (χ4n) is 1.49. The van der Waals surface area contributed by atoms with Gasteiger partial charge in [0.1, 0.15) is 5.82 Å². The van der Waals surface area contributed by atoms with Crippen molar-refractivity contribution in [3.63, 3.8) is 0 Å². The Morgan fingerprint density at radius 2 is 2.00 bits per heavy atom. The lowest BCUT2D eigenvalue weighted by atomic mass is 10.1. The topological polar surface area (TPSA) is 15.3 Å². The predicted molar refractivity (Wildman–Crippen MR) is 65.8 cm³/mol. The lowest BCUT2D eigenvalue weighted by Gasteiger charge is -2.12. The molecular weight excluding hydrogens is 203 g/mol. The molecule has 0 aliphatic carbocycles. The molecule has 3 heteroatoms. The summed E-state index contributed by atoms with van der Waals surface area (Å²) in [6.45, 7) is 5.52. The molecule has 0 atom stereocenters. The molecule has 1 rings (SSSR count). The van der Waals surface area contributed by atoms with Gasteiger partial charge in [-0.1, -0.05) is 26.0 Å². The van der Waals surface area contributed by atoms with Crippen LogP contribution < -0.4 is 5.32 Å². The molecule has 90 valence electrons. The van der Waals surface area contributed by atoms with E-state index >= 15 is 0 Å². The van der Waals surface area contributed by atoms with Crippen molar-refractivity contribution in [3.8, 4) is 0 Å². The van der Waals surface area contributed by atoms with Crippen LogP contribution in [-0.4, -0.2) is 25.0 Å². The Kier molecular flexibility index (Phi) is 4.90. The van der Waals surface area contributed by atoms with Crippen LogP contribution in [-0.2, 0) is 13.1 Å². The smallest absolute Gasteiger partial charge is 0.128 e. The SMILES string of the molecule is CC(C)NCc1ccc(CN(C)C)c(F)c1. The van der Waals surface area contributed by atoms with Gasteiger partial charge in [0.15, 0.2) is 0 Å². The molecule has 0 amide bonds. The number of benzene rings is 1. The van der Waals surface area contributed by atoms with E-state index in [1.165, 1.54) is 0 Å². The fraction of sp³-hybridized carbons (Fsp3) is 0.538. The number of rotatable bonds is 5. The van der Waals surface area contributed by atoms with E-state index in [9.17, 15) is 4.39 Å². The monoisotopic (exact) mass is 224 g/mol. The zero-order chi connectivity index (χ0) is 12.1. The molecule has 1 aromatic rings. The zero-order valence-electron chi connectivity index (χ0n) is 10.5. The van der Waals surface area contributed by atoms with Crippen LogP contribution in [0.1, 0.15) is 25.0 Å². The van der Waals surface area contributed by atoms with E-state index in [4.69, 9.17) is 0 Å². The summed E-state index contributed by atoms with van der Waals surface area (Å²) in [5.41, 5.74) is 1.74. The number of hydrogen-bond acceptors (Lipinski definition) is 2. The molecule has 0 fully saturated rings. The molecule has 0 radical (unpaired) electrons. The normalized spacial score (nSPS) is 11.4. The van der Waals surface area contributed by atoms with Crippen molar-refractivity contribution in [2.75, 3.05) is 14.1 Å². The summed E-state index contributed by atoms with van der Waals surface area (Å²) < 4.78 is 13.7. The minimum atomic E-state index is -0.114. The van der Waals surface area contributed by atoms with E-state index in [2.05, 4.69) is 19.2 Å². The number of nitrogens with zero attached hydrogens (tertiary/aromatic N) is 1. The zero-order valence-corrected chi connectivity index (χ0v) is 10.5. The van der Waals surface area contributed by atoms with Crippen molar-refractivity contribution in [1.82, 2.24) is 10.2 Å². The van der Waals surface area contributed by atoms with Gasteiger partial charge >= 0.3 is 0 Å². The number of hydrogen-bond donors (Lipinski definition) is 1. The van der Waals surface area contributed by atoms with Crippen molar-refractivity contribution >= 4 is 0 Å². The molecule has 0 aliphatic rings. The maximum atomic E-state index is 13.7. The molecule has 0 saturated heterocycles. The third-order valence-corrected chi connectivity index (χ3v) is 2.32. The molecule has 1 aromatic carbocycles. The summed E-state index contributed by atoms with van der Waals surface area (Å²) in [7, 11) is 3.88. The van der Waals surface area contributed by atoms with Crippen LogP contribution in [0.25, 0.3) is 0 Å². The third-order valence-electron chi connectivity index (χ3n) is 2.32. The van der Waals surface area contributed by atoms with Crippen LogP contribution in [0.15, 0.2) is 18.2 Å². The van der Waals surface area contributed by atoms with E-state index in [-0.39, 0.29) is 5.82 Å². The summed E-state index contributed by atoms with van der Waals surface area (Å²) in [4.78, 5) is 1.96. The van der Waals surface area contributed by atoms with Crippen molar-refractivity contribution in [2.45, 2.75) is 33.0 Å². The highest BCUT2D eigenvalue weighted by Gasteiger charge is 2.04. The fourth-order valence-corrected chi connectivity index (χ4v) is 1.49. The Morgan fingerprint density at radius 1 is 1.31 bits per heavy atom. The Morgan fingerprint density at radius 3 is 2.50 bits per heavy atom. The summed E-state index contributed by atoms with van der Waals surface area (Å²) in [6.07, 6.45) is 0. The van der Waals surface area contributed by atoms with Gasteiger partial charge in [-0.05, 0) is 25.7 Å². The first-order valence-corrected chi connectivity index (χ1v) is 5.64. The largest absolute Gasteiger partial charge is 0.310 e. The van der Waals surface area contributed by atoms with Gasteiger partial charge in [-0.3, -0.25) is 0 Å². The second-order valence-corrected chi connectivity index (χ2v) is 4.70. The Hall–Kier alpha value is -0.930. The first kappa shape index (κ1) is 13.1. The summed E-state index contributed by atoms with van der Waals surface area (Å²) in [6, 6.07) is 5.89. The summed E-state index contributed by atoms with van der Waals surface area (Å²) >= 11 is 0. The Balaban J connectivity index is 2.67. The van der Waals surface area contributed by atoms with Gasteiger partial charge in [-0.2, -0.15) is 0 Å². The molecular formula is C13H21FN2. The molecule has 16 heavy (non-hydrogen) atoms. The average Bonchev–Trinajstić information content (AvgIpc) is 2.18. The molecule has 0 aliphatic heterocycles. The number of nitrogens with one attached hydrogen (secondary N) is 1. The van der Waals surface area contributed by atoms with Crippen LogP contribution in [0.3, 0.4) is 0 Å². The molecule has 0 heterocycles. The van der Waals surface area contributed by atoms with Gasteiger partial charge in [0.25, 0.3) is 0 Å². The Labute approximate surface area is 97.5 Å². The van der Waals surface area contributed by atoms with Gasteiger partial charge in [0.05, 0.1) is 0 Å². The van der Waals surface area contributed by atoms with Crippen molar-refractivity contribution in [2.24, 2.45) is 0 Å². The highest BCUT2D eigenvalue weighted by Crippen LogP contribution is 2.12. The van der Waals surface area contributed by atoms with Gasteiger partial charge in [0, 0.05) is 24.7 Å². The van der Waals surface area contributed by atoms with Gasteiger partial charge in [-0.25, -0.2) is 4.39 Å². The van der Waals surface area contributed by atoms with E-state index in [1.54, 1.807) is 6.07 Å². The second kappa shape index (κ2) is 5.97. The van der Waals surface area contributed by atoms with Crippen LogP contribution in [0.5, 0.6) is 0 Å². The van der Waals surface area contributed by atoms with Crippen molar-refractivity contribution in [1.29, 1.82) is 0 Å². The minimum absolute atomic E-state index is 0.114. The van der Waals surface area contributed by atoms with E-state index in [1.807, 2.05) is 31.1 Å². The number of halogens is 1. The highest BCUT2D eigenvalue weighted by atomic mass is 19.1. The van der Waals surface area contributed by atoms with E-state index in [0.29, 0.717) is 12.6 Å². The first-order chi connectivity index (χ1) is 7.49. The molecule has 2 nitrogen and oxygen atoms in total.